The van der Waals surface area contributed by atoms with Crippen molar-refractivity contribution in [3.63, 3.8) is 0 Å². The predicted molar refractivity (Wildman–Crippen MR) is 117 cm³/mol. The Morgan fingerprint density at radius 2 is 1.72 bits per heavy atom. The maximum absolute atomic E-state index is 6.19. The van der Waals surface area contributed by atoms with Crippen molar-refractivity contribution in [2.75, 3.05) is 25.4 Å². The molecular weight excluding hydrogens is 362 g/mol. The highest BCUT2D eigenvalue weighted by molar-refractivity contribution is 5.87. The van der Waals surface area contributed by atoms with Crippen molar-refractivity contribution in [3.05, 3.63) is 47.2 Å². The minimum absolute atomic E-state index is 0.365. The Bertz CT molecular complexity index is 958. The van der Waals surface area contributed by atoms with Gasteiger partial charge in [0, 0.05) is 18.8 Å². The summed E-state index contributed by atoms with van der Waals surface area (Å²) in [4.78, 5) is 11.5. The zero-order chi connectivity index (χ0) is 20.2. The highest BCUT2D eigenvalue weighted by Crippen LogP contribution is 2.25. The van der Waals surface area contributed by atoms with Gasteiger partial charge in [-0.3, -0.25) is 4.90 Å². The van der Waals surface area contributed by atoms with Gasteiger partial charge < -0.3 is 15.0 Å². The van der Waals surface area contributed by atoms with E-state index in [1.165, 1.54) is 37.1 Å². The first kappa shape index (κ1) is 19.7. The summed E-state index contributed by atoms with van der Waals surface area (Å²) in [5.41, 5.74) is 10.8. The largest absolute Gasteiger partial charge is 0.463 e. The predicted octanol–water partition coefficient (Wildman–Crippen LogP) is 4.14. The van der Waals surface area contributed by atoms with E-state index >= 15 is 0 Å². The van der Waals surface area contributed by atoms with Gasteiger partial charge in [0.05, 0.1) is 12.0 Å². The van der Waals surface area contributed by atoms with E-state index in [-0.39, 0.29) is 0 Å². The number of likely N-dealkylation sites (tertiary alicyclic amines) is 1. The van der Waals surface area contributed by atoms with E-state index in [1.807, 2.05) is 0 Å². The lowest BCUT2D eigenvalue weighted by molar-refractivity contribution is 0.286. The molecule has 0 aliphatic carbocycles. The lowest BCUT2D eigenvalue weighted by Gasteiger charge is -2.15. The van der Waals surface area contributed by atoms with Crippen LogP contribution in [-0.4, -0.2) is 39.1 Å². The molecule has 4 rings (SSSR count). The average Bonchev–Trinajstić information content (AvgIpc) is 3.33. The van der Waals surface area contributed by atoms with Gasteiger partial charge in [-0.25, -0.2) is 0 Å². The summed E-state index contributed by atoms with van der Waals surface area (Å²) in [6.07, 6.45) is 4.70. The van der Waals surface area contributed by atoms with E-state index in [0.717, 1.165) is 42.7 Å². The molecule has 1 aliphatic rings. The van der Waals surface area contributed by atoms with E-state index in [0.29, 0.717) is 18.4 Å². The van der Waals surface area contributed by atoms with Crippen LogP contribution in [0.2, 0.25) is 0 Å². The maximum Gasteiger partial charge on any atom is 0.320 e. The van der Waals surface area contributed by atoms with Crippen LogP contribution < -0.4 is 10.5 Å². The van der Waals surface area contributed by atoms with E-state index in [9.17, 15) is 0 Å². The molecule has 29 heavy (non-hydrogen) atoms. The molecule has 0 unspecified atom stereocenters. The molecule has 1 aromatic carbocycles. The molecule has 0 saturated carbocycles. The molecular formula is C23H31N5O. The lowest BCUT2D eigenvalue weighted by atomic mass is 10.1. The second-order valence-electron chi connectivity index (χ2n) is 8.00. The number of rotatable bonds is 8. The number of nitrogens with two attached hydrogens (primary N) is 1. The third-order valence-corrected chi connectivity index (χ3v) is 5.67. The molecule has 0 bridgehead atoms. The molecule has 0 radical (unpaired) electrons. The Kier molecular flexibility index (Phi) is 6.00. The smallest absolute Gasteiger partial charge is 0.320 e. The van der Waals surface area contributed by atoms with Gasteiger partial charge >= 0.3 is 6.01 Å². The number of anilines is 1. The van der Waals surface area contributed by atoms with Crippen LogP contribution in [0.25, 0.3) is 11.0 Å². The number of ether oxygens (including phenoxy) is 1. The van der Waals surface area contributed by atoms with Gasteiger partial charge in [-0.2, -0.15) is 9.97 Å². The topological polar surface area (TPSA) is 69.2 Å². The quantitative estimate of drug-likeness (QED) is 0.582. The van der Waals surface area contributed by atoms with E-state index in [2.05, 4.69) is 63.6 Å². The van der Waals surface area contributed by atoms with Gasteiger partial charge in [-0.05, 0) is 56.5 Å². The summed E-state index contributed by atoms with van der Waals surface area (Å²) < 4.78 is 7.90. The highest BCUT2D eigenvalue weighted by Gasteiger charge is 2.15. The Hall–Kier alpha value is -2.60. The van der Waals surface area contributed by atoms with Gasteiger partial charge in [0.25, 0.3) is 0 Å². The number of hydrogen-bond acceptors (Lipinski definition) is 5. The molecule has 1 aliphatic heterocycles. The Balaban J connectivity index is 1.54. The molecule has 6 heteroatoms. The molecule has 2 aromatic heterocycles. The fraction of sp³-hybridized carbons (Fsp3) is 0.478. The van der Waals surface area contributed by atoms with Crippen LogP contribution in [0.15, 0.2) is 30.3 Å². The molecule has 154 valence electrons. The lowest BCUT2D eigenvalue weighted by Crippen LogP contribution is -2.18. The summed E-state index contributed by atoms with van der Waals surface area (Å²) in [7, 11) is 0. The van der Waals surface area contributed by atoms with Gasteiger partial charge in [0.2, 0.25) is 0 Å². The summed E-state index contributed by atoms with van der Waals surface area (Å²) >= 11 is 0. The van der Waals surface area contributed by atoms with E-state index < -0.39 is 0 Å². The molecule has 3 aromatic rings. The minimum atomic E-state index is 0.365. The summed E-state index contributed by atoms with van der Waals surface area (Å²) in [5, 5.41) is 0.885. The van der Waals surface area contributed by atoms with Crippen LogP contribution in [0.4, 0.5) is 5.82 Å². The molecule has 1 saturated heterocycles. The van der Waals surface area contributed by atoms with Crippen molar-refractivity contribution in [3.8, 4) is 6.01 Å². The van der Waals surface area contributed by atoms with Gasteiger partial charge in [0.1, 0.15) is 11.5 Å². The van der Waals surface area contributed by atoms with Crippen LogP contribution >= 0.6 is 0 Å². The molecule has 1 fully saturated rings. The Labute approximate surface area is 172 Å². The van der Waals surface area contributed by atoms with E-state index in [1.54, 1.807) is 0 Å². The number of aromatic nitrogens is 3. The molecule has 0 spiro atoms. The highest BCUT2D eigenvalue weighted by atomic mass is 16.5. The zero-order valence-corrected chi connectivity index (χ0v) is 17.5. The van der Waals surface area contributed by atoms with Crippen molar-refractivity contribution in [2.45, 2.75) is 52.6 Å². The van der Waals surface area contributed by atoms with Crippen LogP contribution in [0.3, 0.4) is 0 Å². The molecule has 0 amide bonds. The molecule has 6 nitrogen and oxygen atoms in total. The number of nitrogens with zero attached hydrogens (tertiary/aromatic N) is 4. The monoisotopic (exact) mass is 393 g/mol. The molecule has 3 heterocycles. The van der Waals surface area contributed by atoms with Gasteiger partial charge in [0.15, 0.2) is 0 Å². The van der Waals surface area contributed by atoms with Crippen molar-refractivity contribution in [1.82, 2.24) is 19.4 Å². The summed E-state index contributed by atoms with van der Waals surface area (Å²) in [6, 6.07) is 11.4. The summed E-state index contributed by atoms with van der Waals surface area (Å²) in [5.74, 6) is 0.476. The normalized spacial score (nSPS) is 14.7. The minimum Gasteiger partial charge on any atom is -0.463 e. The van der Waals surface area contributed by atoms with Crippen LogP contribution in [0.1, 0.15) is 49.4 Å². The van der Waals surface area contributed by atoms with Gasteiger partial charge in [-0.15, -0.1) is 0 Å². The zero-order valence-electron chi connectivity index (χ0n) is 17.5. The number of nitrogen functional groups attached to an aromatic ring is 1. The summed E-state index contributed by atoms with van der Waals surface area (Å²) in [6.45, 7) is 9.07. The van der Waals surface area contributed by atoms with Crippen molar-refractivity contribution < 1.29 is 4.74 Å². The first-order valence-electron chi connectivity index (χ1n) is 10.7. The fourth-order valence-corrected chi connectivity index (χ4v) is 3.96. The number of benzene rings is 1. The van der Waals surface area contributed by atoms with Gasteiger partial charge in [-0.1, -0.05) is 37.6 Å². The molecule has 2 N–H and O–H groups in total. The standard InChI is InChI=1S/C23H31N5O/c1-3-4-13-29-23-25-21(24)20-14-17(2)28(22(20)26-23)16-19-9-7-18(8-10-19)15-27-11-5-6-12-27/h7-10,14H,3-6,11-13,15-16H2,1-2H3,(H2,24,25,26). The number of hydrogen-bond donors (Lipinski definition) is 1. The third kappa shape index (κ3) is 4.53. The van der Waals surface area contributed by atoms with Crippen molar-refractivity contribution >= 4 is 16.9 Å². The number of fused-ring (bicyclic) bond motifs is 1. The van der Waals surface area contributed by atoms with E-state index in [4.69, 9.17) is 10.5 Å². The Morgan fingerprint density at radius 1 is 1.03 bits per heavy atom. The number of unbranched alkanes of at least 4 members (excludes halogenated alkanes) is 1. The number of aryl methyl sites for hydroxylation is 1. The SMILES string of the molecule is CCCCOc1nc(N)c2cc(C)n(Cc3ccc(CN4CCCC4)cc3)c2n1. The fourth-order valence-electron chi connectivity index (χ4n) is 3.96. The third-order valence-electron chi connectivity index (χ3n) is 5.67. The second kappa shape index (κ2) is 8.82. The van der Waals surface area contributed by atoms with Crippen LogP contribution in [0, 0.1) is 6.92 Å². The maximum atomic E-state index is 6.19. The van der Waals surface area contributed by atoms with Crippen molar-refractivity contribution in [1.29, 1.82) is 0 Å². The van der Waals surface area contributed by atoms with Crippen LogP contribution in [0.5, 0.6) is 6.01 Å². The second-order valence-corrected chi connectivity index (χ2v) is 8.00. The first-order valence-corrected chi connectivity index (χ1v) is 10.7. The average molecular weight is 394 g/mol. The Morgan fingerprint density at radius 3 is 2.41 bits per heavy atom. The molecule has 0 atom stereocenters. The first-order chi connectivity index (χ1) is 14.1. The van der Waals surface area contributed by atoms with Crippen LogP contribution in [-0.2, 0) is 13.1 Å². The van der Waals surface area contributed by atoms with Crippen molar-refractivity contribution in [2.24, 2.45) is 0 Å².